The number of anilines is 1. The molecule has 2 rings (SSSR count). The number of halogens is 2. The standard InChI is InChI=1S/C13H10Cl2NO3P/c14-9-6-7-12(11(15)8-9)16-13(17)20(18,19)10-4-2-1-3-5-10/h1-8H,(H,16,17)(H,18,19). The van der Waals surface area contributed by atoms with E-state index in [4.69, 9.17) is 23.2 Å². The minimum absolute atomic E-state index is 0.0579. The highest BCUT2D eigenvalue weighted by atomic mass is 35.5. The highest BCUT2D eigenvalue weighted by Crippen LogP contribution is 2.41. The van der Waals surface area contributed by atoms with Gasteiger partial charge in [-0.25, -0.2) is 0 Å². The molecule has 4 nitrogen and oxygen atoms in total. The van der Waals surface area contributed by atoms with Gasteiger partial charge in [0.05, 0.1) is 10.7 Å². The summed E-state index contributed by atoms with van der Waals surface area (Å²) in [6.45, 7) is 0. The third kappa shape index (κ3) is 3.22. The van der Waals surface area contributed by atoms with Gasteiger partial charge in [0, 0.05) is 10.3 Å². The molecule has 0 fully saturated rings. The number of hydrogen-bond donors (Lipinski definition) is 2. The van der Waals surface area contributed by atoms with E-state index in [1.165, 1.54) is 30.3 Å². The highest BCUT2D eigenvalue weighted by molar-refractivity contribution is 7.82. The zero-order chi connectivity index (χ0) is 14.8. The van der Waals surface area contributed by atoms with Gasteiger partial charge in [0.25, 0.3) is 0 Å². The number of nitrogens with one attached hydrogen (secondary N) is 1. The first kappa shape index (κ1) is 15.1. The molecule has 20 heavy (non-hydrogen) atoms. The molecule has 2 aromatic rings. The molecule has 0 heterocycles. The molecule has 0 saturated carbocycles. The Hall–Kier alpha value is -1.32. The second-order valence-corrected chi connectivity index (χ2v) is 6.88. The molecular formula is C13H10Cl2NO3P. The van der Waals surface area contributed by atoms with Crippen LogP contribution in [0.25, 0.3) is 0 Å². The number of carbonyl (C=O) groups is 1. The summed E-state index contributed by atoms with van der Waals surface area (Å²) in [5.41, 5.74) is -0.779. The van der Waals surface area contributed by atoms with E-state index < -0.39 is 13.0 Å². The summed E-state index contributed by atoms with van der Waals surface area (Å²) in [6, 6.07) is 12.1. The van der Waals surface area contributed by atoms with Crippen LogP contribution in [-0.2, 0) is 4.57 Å². The lowest BCUT2D eigenvalue weighted by Gasteiger charge is -2.12. The number of rotatable bonds is 3. The van der Waals surface area contributed by atoms with Crippen molar-refractivity contribution >= 4 is 47.2 Å². The highest BCUT2D eigenvalue weighted by Gasteiger charge is 2.31. The van der Waals surface area contributed by atoms with Crippen LogP contribution >= 0.6 is 30.6 Å². The number of amides is 1. The van der Waals surface area contributed by atoms with Crippen molar-refractivity contribution in [3.63, 3.8) is 0 Å². The molecule has 1 unspecified atom stereocenters. The minimum Gasteiger partial charge on any atom is -0.335 e. The molecule has 0 saturated heterocycles. The van der Waals surface area contributed by atoms with E-state index in [0.717, 1.165) is 0 Å². The van der Waals surface area contributed by atoms with Crippen LogP contribution in [0.1, 0.15) is 0 Å². The number of hydrogen-bond acceptors (Lipinski definition) is 2. The minimum atomic E-state index is -4.17. The summed E-state index contributed by atoms with van der Waals surface area (Å²) in [5.74, 6) is 0. The van der Waals surface area contributed by atoms with Crippen LogP contribution in [0.5, 0.6) is 0 Å². The average Bonchev–Trinajstić information content (AvgIpc) is 2.42. The predicted octanol–water partition coefficient (Wildman–Crippen LogP) is 4.12. The van der Waals surface area contributed by atoms with Crippen LogP contribution in [0, 0.1) is 0 Å². The van der Waals surface area contributed by atoms with E-state index in [1.54, 1.807) is 18.2 Å². The zero-order valence-electron chi connectivity index (χ0n) is 10.1. The summed E-state index contributed by atoms with van der Waals surface area (Å²) in [6.07, 6.45) is 0. The lowest BCUT2D eigenvalue weighted by molar-refractivity contribution is 0.265. The predicted molar refractivity (Wildman–Crippen MR) is 81.4 cm³/mol. The Labute approximate surface area is 125 Å². The third-order valence-corrected chi connectivity index (χ3v) is 4.76. The lowest BCUT2D eigenvalue weighted by Crippen LogP contribution is -2.17. The van der Waals surface area contributed by atoms with Gasteiger partial charge in [0.15, 0.2) is 0 Å². The fourth-order valence-corrected chi connectivity index (χ4v) is 3.07. The maximum absolute atomic E-state index is 12.2. The fourth-order valence-electron chi connectivity index (χ4n) is 1.53. The zero-order valence-corrected chi connectivity index (χ0v) is 12.5. The van der Waals surface area contributed by atoms with Crippen LogP contribution in [0.3, 0.4) is 0 Å². The maximum atomic E-state index is 12.2. The van der Waals surface area contributed by atoms with E-state index in [-0.39, 0.29) is 16.0 Å². The van der Waals surface area contributed by atoms with Gasteiger partial charge in [-0.1, -0.05) is 41.4 Å². The van der Waals surface area contributed by atoms with Gasteiger partial charge >= 0.3 is 13.0 Å². The summed E-state index contributed by atoms with van der Waals surface area (Å²) in [5, 5.41) is 2.99. The van der Waals surface area contributed by atoms with Crippen molar-refractivity contribution in [1.29, 1.82) is 0 Å². The monoisotopic (exact) mass is 329 g/mol. The molecule has 1 atom stereocenters. The Morgan fingerprint density at radius 2 is 1.75 bits per heavy atom. The van der Waals surface area contributed by atoms with Crippen LogP contribution in [0.15, 0.2) is 48.5 Å². The molecule has 0 spiro atoms. The van der Waals surface area contributed by atoms with Crippen LogP contribution in [-0.4, -0.2) is 10.5 Å². The van der Waals surface area contributed by atoms with Crippen molar-refractivity contribution in [2.75, 3.05) is 5.32 Å². The molecule has 2 aromatic carbocycles. The summed E-state index contributed by atoms with van der Waals surface area (Å²) in [4.78, 5) is 21.9. The second kappa shape index (κ2) is 5.98. The molecule has 0 aliphatic heterocycles. The van der Waals surface area contributed by atoms with Gasteiger partial charge in [0.2, 0.25) is 0 Å². The van der Waals surface area contributed by atoms with Crippen molar-refractivity contribution in [2.45, 2.75) is 0 Å². The summed E-state index contributed by atoms with van der Waals surface area (Å²) >= 11 is 11.6. The number of carbonyl (C=O) groups excluding carboxylic acids is 1. The first-order chi connectivity index (χ1) is 9.41. The molecule has 1 amide bonds. The fraction of sp³-hybridized carbons (Fsp3) is 0. The molecule has 2 N–H and O–H groups in total. The quantitative estimate of drug-likeness (QED) is 0.832. The smallest absolute Gasteiger partial charge is 0.315 e. The Bertz CT molecular complexity index is 691. The molecule has 0 aliphatic rings. The number of benzene rings is 2. The van der Waals surface area contributed by atoms with E-state index in [0.29, 0.717) is 5.02 Å². The van der Waals surface area contributed by atoms with Gasteiger partial charge in [-0.05, 0) is 30.3 Å². The van der Waals surface area contributed by atoms with Gasteiger partial charge in [-0.15, -0.1) is 0 Å². The Balaban J connectivity index is 2.26. The van der Waals surface area contributed by atoms with Gasteiger partial charge in [-0.2, -0.15) is 0 Å². The van der Waals surface area contributed by atoms with Crippen molar-refractivity contribution in [3.8, 4) is 0 Å². The first-order valence-electron chi connectivity index (χ1n) is 5.56. The van der Waals surface area contributed by atoms with Crippen LogP contribution < -0.4 is 10.6 Å². The Kier molecular flexibility index (Phi) is 4.51. The van der Waals surface area contributed by atoms with Crippen LogP contribution in [0.2, 0.25) is 10.0 Å². The van der Waals surface area contributed by atoms with E-state index >= 15 is 0 Å². The largest absolute Gasteiger partial charge is 0.335 e. The molecule has 0 aromatic heterocycles. The van der Waals surface area contributed by atoms with E-state index in [9.17, 15) is 14.3 Å². The lowest BCUT2D eigenvalue weighted by atomic mass is 10.3. The molecule has 7 heteroatoms. The van der Waals surface area contributed by atoms with E-state index in [1.807, 2.05) is 0 Å². The molecule has 0 aliphatic carbocycles. The topological polar surface area (TPSA) is 66.4 Å². The van der Waals surface area contributed by atoms with Crippen LogP contribution in [0.4, 0.5) is 10.5 Å². The Morgan fingerprint density at radius 1 is 1.10 bits per heavy atom. The molecule has 104 valence electrons. The second-order valence-electron chi connectivity index (χ2n) is 3.97. The van der Waals surface area contributed by atoms with E-state index in [2.05, 4.69) is 5.32 Å². The maximum Gasteiger partial charge on any atom is 0.315 e. The van der Waals surface area contributed by atoms with Crippen molar-refractivity contribution in [3.05, 3.63) is 58.6 Å². The molecule has 0 radical (unpaired) electrons. The average molecular weight is 330 g/mol. The molecular weight excluding hydrogens is 320 g/mol. The summed E-state index contributed by atoms with van der Waals surface area (Å²) in [7, 11) is -4.17. The van der Waals surface area contributed by atoms with Gasteiger partial charge in [-0.3, -0.25) is 9.36 Å². The van der Waals surface area contributed by atoms with Gasteiger partial charge < -0.3 is 10.2 Å². The molecule has 0 bridgehead atoms. The first-order valence-corrected chi connectivity index (χ1v) is 7.98. The summed E-state index contributed by atoms with van der Waals surface area (Å²) < 4.78 is 12.2. The third-order valence-electron chi connectivity index (χ3n) is 2.55. The van der Waals surface area contributed by atoms with Crippen molar-refractivity contribution < 1.29 is 14.3 Å². The SMILES string of the molecule is O=C(Nc1ccc(Cl)cc1Cl)P(=O)(O)c1ccccc1. The van der Waals surface area contributed by atoms with Crippen molar-refractivity contribution in [1.82, 2.24) is 0 Å². The van der Waals surface area contributed by atoms with Gasteiger partial charge in [0.1, 0.15) is 0 Å². The normalized spacial score (nSPS) is 13.6. The Morgan fingerprint density at radius 3 is 2.35 bits per heavy atom. The van der Waals surface area contributed by atoms with Crippen molar-refractivity contribution in [2.24, 2.45) is 0 Å².